The molecular formula is C25H26N2O3. The molecule has 0 aliphatic heterocycles. The minimum Gasteiger partial charge on any atom is -0.481 e. The van der Waals surface area contributed by atoms with Gasteiger partial charge in [-0.25, -0.2) is 0 Å². The van der Waals surface area contributed by atoms with Gasteiger partial charge in [0.25, 0.3) is 11.8 Å². The number of amides is 2. The van der Waals surface area contributed by atoms with E-state index < -0.39 is 6.10 Å². The lowest BCUT2D eigenvalue weighted by atomic mass is 10.1. The zero-order valence-corrected chi connectivity index (χ0v) is 17.2. The molecule has 0 saturated carbocycles. The second-order valence-electron chi connectivity index (χ2n) is 6.92. The fourth-order valence-electron chi connectivity index (χ4n) is 3.05. The number of aryl methyl sites for hydroxylation is 1. The Balaban J connectivity index is 1.66. The number of carbonyl (C=O) groups excluding carboxylic acids is 2. The molecule has 3 aromatic carbocycles. The topological polar surface area (TPSA) is 67.4 Å². The molecule has 0 fully saturated rings. The zero-order valence-electron chi connectivity index (χ0n) is 17.2. The van der Waals surface area contributed by atoms with Crippen molar-refractivity contribution in [3.05, 3.63) is 95.6 Å². The van der Waals surface area contributed by atoms with Crippen LogP contribution >= 0.6 is 0 Å². The van der Waals surface area contributed by atoms with Crippen molar-refractivity contribution < 1.29 is 14.3 Å². The fourth-order valence-corrected chi connectivity index (χ4v) is 3.05. The van der Waals surface area contributed by atoms with Crippen LogP contribution in [0, 0.1) is 0 Å². The van der Waals surface area contributed by atoms with Crippen molar-refractivity contribution in [1.29, 1.82) is 0 Å². The Hall–Kier alpha value is -3.60. The van der Waals surface area contributed by atoms with Gasteiger partial charge >= 0.3 is 0 Å². The summed E-state index contributed by atoms with van der Waals surface area (Å²) in [6, 6.07) is 24.3. The Labute approximate surface area is 177 Å². The van der Waals surface area contributed by atoms with Gasteiger partial charge in [0.05, 0.1) is 11.3 Å². The van der Waals surface area contributed by atoms with E-state index in [2.05, 4.69) is 10.6 Å². The molecule has 0 spiro atoms. The first kappa shape index (κ1) is 21.1. The van der Waals surface area contributed by atoms with Crippen molar-refractivity contribution in [2.75, 3.05) is 5.32 Å². The smallest absolute Gasteiger partial charge is 0.265 e. The van der Waals surface area contributed by atoms with E-state index in [4.69, 9.17) is 4.74 Å². The van der Waals surface area contributed by atoms with Crippen molar-refractivity contribution in [2.24, 2.45) is 0 Å². The summed E-state index contributed by atoms with van der Waals surface area (Å²) in [5, 5.41) is 5.71. The summed E-state index contributed by atoms with van der Waals surface area (Å²) < 4.78 is 5.86. The first-order chi connectivity index (χ1) is 14.6. The number of ether oxygens (including phenoxy) is 1. The number of para-hydroxylation sites is 2. The normalized spacial score (nSPS) is 11.4. The molecule has 0 radical (unpaired) electrons. The minimum absolute atomic E-state index is 0.250. The van der Waals surface area contributed by atoms with Crippen LogP contribution in [0.3, 0.4) is 0 Å². The Morgan fingerprint density at radius 2 is 1.57 bits per heavy atom. The van der Waals surface area contributed by atoms with Crippen LogP contribution in [0.1, 0.15) is 35.3 Å². The Kier molecular flexibility index (Phi) is 7.22. The van der Waals surface area contributed by atoms with Crippen LogP contribution in [0.4, 0.5) is 5.69 Å². The highest BCUT2D eigenvalue weighted by Gasteiger charge is 2.19. The minimum atomic E-state index is -0.710. The summed E-state index contributed by atoms with van der Waals surface area (Å²) in [7, 11) is 0. The monoisotopic (exact) mass is 402 g/mol. The van der Waals surface area contributed by atoms with E-state index in [0.29, 0.717) is 23.5 Å². The fraction of sp³-hybridized carbons (Fsp3) is 0.200. The van der Waals surface area contributed by atoms with E-state index in [-0.39, 0.29) is 11.8 Å². The molecule has 1 atom stereocenters. The molecule has 0 bridgehead atoms. The highest BCUT2D eigenvalue weighted by molar-refractivity contribution is 6.04. The maximum absolute atomic E-state index is 12.7. The SMILES string of the molecule is CCc1ccccc1O[C@H](C)C(=O)Nc1ccccc1C(=O)NCc1ccccc1. The van der Waals surface area contributed by atoms with Crippen LogP contribution in [0.25, 0.3) is 0 Å². The standard InChI is InChI=1S/C25H26N2O3/c1-3-20-13-7-10-16-23(20)30-18(2)24(28)27-22-15-9-8-14-21(22)25(29)26-17-19-11-5-4-6-12-19/h4-16,18H,3,17H2,1-2H3,(H,26,29)(H,27,28)/t18-/m1/s1. The van der Waals surface area contributed by atoms with Crippen LogP contribution in [0.5, 0.6) is 5.75 Å². The van der Waals surface area contributed by atoms with Gasteiger partial charge in [-0.1, -0.05) is 67.6 Å². The second-order valence-corrected chi connectivity index (χ2v) is 6.92. The number of hydrogen-bond donors (Lipinski definition) is 2. The summed E-state index contributed by atoms with van der Waals surface area (Å²) >= 11 is 0. The van der Waals surface area contributed by atoms with Gasteiger partial charge in [0.15, 0.2) is 6.10 Å². The molecule has 2 N–H and O–H groups in total. The van der Waals surface area contributed by atoms with Crippen LogP contribution in [0.15, 0.2) is 78.9 Å². The predicted octanol–water partition coefficient (Wildman–Crippen LogP) is 4.59. The number of anilines is 1. The third kappa shape index (κ3) is 5.47. The van der Waals surface area contributed by atoms with Crippen LogP contribution < -0.4 is 15.4 Å². The van der Waals surface area contributed by atoms with Crippen molar-refractivity contribution in [1.82, 2.24) is 5.32 Å². The van der Waals surface area contributed by atoms with Crippen LogP contribution in [0.2, 0.25) is 0 Å². The third-order valence-corrected chi connectivity index (χ3v) is 4.75. The quantitative estimate of drug-likeness (QED) is 0.579. The van der Waals surface area contributed by atoms with E-state index in [1.54, 1.807) is 31.2 Å². The lowest BCUT2D eigenvalue weighted by molar-refractivity contribution is -0.122. The molecule has 3 aromatic rings. The van der Waals surface area contributed by atoms with Gasteiger partial charge in [-0.05, 0) is 42.7 Å². The summed E-state index contributed by atoms with van der Waals surface area (Å²) in [6.07, 6.45) is 0.104. The number of hydrogen-bond acceptors (Lipinski definition) is 3. The van der Waals surface area contributed by atoms with Crippen molar-refractivity contribution in [3.63, 3.8) is 0 Å². The highest BCUT2D eigenvalue weighted by atomic mass is 16.5. The summed E-state index contributed by atoms with van der Waals surface area (Å²) in [5.41, 5.74) is 2.90. The van der Waals surface area contributed by atoms with Crippen molar-refractivity contribution in [3.8, 4) is 5.75 Å². The maximum atomic E-state index is 12.7. The van der Waals surface area contributed by atoms with E-state index in [0.717, 1.165) is 17.5 Å². The molecule has 0 aromatic heterocycles. The molecule has 0 saturated heterocycles. The summed E-state index contributed by atoms with van der Waals surface area (Å²) in [5.74, 6) is 0.125. The number of benzene rings is 3. The highest BCUT2D eigenvalue weighted by Crippen LogP contribution is 2.21. The van der Waals surface area contributed by atoms with Crippen molar-refractivity contribution in [2.45, 2.75) is 32.9 Å². The molecule has 154 valence electrons. The molecule has 0 aliphatic carbocycles. The Morgan fingerprint density at radius 1 is 0.900 bits per heavy atom. The summed E-state index contributed by atoms with van der Waals surface area (Å²) in [4.78, 5) is 25.4. The summed E-state index contributed by atoms with van der Waals surface area (Å²) in [6.45, 7) is 4.15. The number of rotatable bonds is 8. The average molecular weight is 402 g/mol. The molecule has 5 heteroatoms. The Bertz CT molecular complexity index is 1000. The lowest BCUT2D eigenvalue weighted by Gasteiger charge is -2.18. The second kappa shape index (κ2) is 10.3. The third-order valence-electron chi connectivity index (χ3n) is 4.75. The van der Waals surface area contributed by atoms with Crippen molar-refractivity contribution >= 4 is 17.5 Å². The largest absolute Gasteiger partial charge is 0.481 e. The average Bonchev–Trinajstić information content (AvgIpc) is 2.78. The Morgan fingerprint density at radius 3 is 2.33 bits per heavy atom. The predicted molar refractivity (Wildman–Crippen MR) is 119 cm³/mol. The first-order valence-electron chi connectivity index (χ1n) is 10.0. The maximum Gasteiger partial charge on any atom is 0.265 e. The van der Waals surface area contributed by atoms with Gasteiger partial charge in [0.1, 0.15) is 5.75 Å². The van der Waals surface area contributed by atoms with Crippen LogP contribution in [-0.4, -0.2) is 17.9 Å². The van der Waals surface area contributed by atoms with Gasteiger partial charge in [-0.15, -0.1) is 0 Å². The van der Waals surface area contributed by atoms with Crippen LogP contribution in [-0.2, 0) is 17.8 Å². The van der Waals surface area contributed by atoms with E-state index >= 15 is 0 Å². The van der Waals surface area contributed by atoms with Gasteiger partial charge in [-0.2, -0.15) is 0 Å². The van der Waals surface area contributed by atoms with Gasteiger partial charge in [0.2, 0.25) is 0 Å². The lowest BCUT2D eigenvalue weighted by Crippen LogP contribution is -2.32. The molecule has 0 aliphatic rings. The van der Waals surface area contributed by atoms with Gasteiger partial charge < -0.3 is 15.4 Å². The molecular weight excluding hydrogens is 376 g/mol. The number of carbonyl (C=O) groups is 2. The van der Waals surface area contributed by atoms with Gasteiger partial charge in [-0.3, -0.25) is 9.59 Å². The van der Waals surface area contributed by atoms with E-state index in [9.17, 15) is 9.59 Å². The van der Waals surface area contributed by atoms with E-state index in [1.165, 1.54) is 0 Å². The first-order valence-corrected chi connectivity index (χ1v) is 10.0. The van der Waals surface area contributed by atoms with E-state index in [1.807, 2.05) is 61.5 Å². The molecule has 30 heavy (non-hydrogen) atoms. The molecule has 0 heterocycles. The molecule has 3 rings (SSSR count). The zero-order chi connectivity index (χ0) is 21.3. The number of nitrogens with one attached hydrogen (secondary N) is 2. The molecule has 5 nitrogen and oxygen atoms in total. The molecule has 2 amide bonds. The molecule has 0 unspecified atom stereocenters. The van der Waals surface area contributed by atoms with Gasteiger partial charge in [0, 0.05) is 6.54 Å².